The molecule has 1 aromatic rings. The summed E-state index contributed by atoms with van der Waals surface area (Å²) in [6.07, 6.45) is 0.950. The molecule has 0 aliphatic heterocycles. The van der Waals surface area contributed by atoms with Crippen molar-refractivity contribution in [1.82, 2.24) is 4.98 Å². The molecule has 0 unspecified atom stereocenters. The minimum atomic E-state index is 0.150. The molecule has 0 aliphatic rings. The normalized spacial score (nSPS) is 12.9. The molecule has 0 spiro atoms. The third-order valence-corrected chi connectivity index (χ3v) is 1.97. The van der Waals surface area contributed by atoms with E-state index in [0.29, 0.717) is 0 Å². The molecule has 1 atom stereocenters. The van der Waals surface area contributed by atoms with Crippen LogP contribution in [0, 0.1) is 0 Å². The number of pyridine rings is 1. The van der Waals surface area contributed by atoms with Crippen molar-refractivity contribution in [3.8, 4) is 0 Å². The second-order valence-electron chi connectivity index (χ2n) is 2.99. The lowest BCUT2D eigenvalue weighted by atomic mass is 10.1. The number of aliphatic hydroxyl groups is 1. The lowest BCUT2D eigenvalue weighted by Crippen LogP contribution is -2.02. The van der Waals surface area contributed by atoms with Gasteiger partial charge in [-0.25, -0.2) is 0 Å². The molecule has 0 fully saturated rings. The molecule has 2 heteroatoms. The van der Waals surface area contributed by atoms with Gasteiger partial charge in [0.25, 0.3) is 0 Å². The highest BCUT2D eigenvalue weighted by Crippen LogP contribution is 2.11. The van der Waals surface area contributed by atoms with Gasteiger partial charge in [-0.15, -0.1) is 0 Å². The zero-order valence-corrected chi connectivity index (χ0v) is 7.62. The van der Waals surface area contributed by atoms with Gasteiger partial charge in [0.2, 0.25) is 0 Å². The molecule has 1 N–H and O–H groups in total. The smallest absolute Gasteiger partial charge is 0.0512 e. The first kappa shape index (κ1) is 9.20. The Morgan fingerprint density at radius 1 is 1.50 bits per heavy atom. The van der Waals surface area contributed by atoms with Crippen LogP contribution in [-0.2, 0) is 6.42 Å². The Hall–Kier alpha value is -0.890. The summed E-state index contributed by atoms with van der Waals surface area (Å²) in [6.45, 7) is 4.22. The van der Waals surface area contributed by atoms with Crippen molar-refractivity contribution in [2.45, 2.75) is 26.2 Å². The summed E-state index contributed by atoms with van der Waals surface area (Å²) < 4.78 is 0. The van der Waals surface area contributed by atoms with Crippen LogP contribution >= 0.6 is 0 Å². The van der Waals surface area contributed by atoms with Crippen molar-refractivity contribution < 1.29 is 5.11 Å². The maximum absolute atomic E-state index is 8.91. The van der Waals surface area contributed by atoms with Gasteiger partial charge in [-0.2, -0.15) is 0 Å². The second kappa shape index (κ2) is 4.21. The van der Waals surface area contributed by atoms with Gasteiger partial charge in [0.15, 0.2) is 0 Å². The fraction of sp³-hybridized carbons (Fsp3) is 0.500. The predicted molar refractivity (Wildman–Crippen MR) is 49.1 cm³/mol. The van der Waals surface area contributed by atoms with Crippen molar-refractivity contribution in [2.24, 2.45) is 0 Å². The van der Waals surface area contributed by atoms with Crippen molar-refractivity contribution in [2.75, 3.05) is 6.61 Å². The standard InChI is InChI=1S/C10H15NO/c1-3-9-5-4-6-10(11-9)8(2)7-12/h4-6,8,12H,3,7H2,1-2H3/t8-/m1/s1. The zero-order valence-electron chi connectivity index (χ0n) is 7.62. The quantitative estimate of drug-likeness (QED) is 0.740. The van der Waals surface area contributed by atoms with E-state index in [1.165, 1.54) is 0 Å². The number of nitrogens with zero attached hydrogens (tertiary/aromatic N) is 1. The molecule has 0 radical (unpaired) electrons. The van der Waals surface area contributed by atoms with E-state index in [1.54, 1.807) is 0 Å². The summed E-state index contributed by atoms with van der Waals surface area (Å²) in [5, 5.41) is 8.91. The van der Waals surface area contributed by atoms with Gasteiger partial charge in [-0.1, -0.05) is 19.9 Å². The van der Waals surface area contributed by atoms with Gasteiger partial charge in [0, 0.05) is 17.3 Å². The molecule has 0 bridgehead atoms. The average Bonchev–Trinajstić information content (AvgIpc) is 2.17. The number of hydrogen-bond donors (Lipinski definition) is 1. The third kappa shape index (κ3) is 2.05. The van der Waals surface area contributed by atoms with E-state index in [9.17, 15) is 0 Å². The lowest BCUT2D eigenvalue weighted by molar-refractivity contribution is 0.271. The van der Waals surface area contributed by atoms with Gasteiger partial charge in [0.05, 0.1) is 6.61 Å². The molecule has 0 saturated carbocycles. The highest BCUT2D eigenvalue weighted by Gasteiger charge is 2.04. The number of rotatable bonds is 3. The predicted octanol–water partition coefficient (Wildman–Crippen LogP) is 1.74. The third-order valence-electron chi connectivity index (χ3n) is 1.97. The molecular weight excluding hydrogens is 150 g/mol. The van der Waals surface area contributed by atoms with Crippen molar-refractivity contribution in [1.29, 1.82) is 0 Å². The maximum atomic E-state index is 8.91. The van der Waals surface area contributed by atoms with E-state index in [0.717, 1.165) is 17.8 Å². The van der Waals surface area contributed by atoms with Crippen molar-refractivity contribution in [3.05, 3.63) is 29.6 Å². The van der Waals surface area contributed by atoms with E-state index >= 15 is 0 Å². The van der Waals surface area contributed by atoms with Crippen molar-refractivity contribution >= 4 is 0 Å². The van der Waals surface area contributed by atoms with Crippen LogP contribution in [0.2, 0.25) is 0 Å². The first-order chi connectivity index (χ1) is 5.77. The first-order valence-corrected chi connectivity index (χ1v) is 4.34. The fourth-order valence-corrected chi connectivity index (χ4v) is 1.06. The van der Waals surface area contributed by atoms with Crippen LogP contribution in [0.15, 0.2) is 18.2 Å². The Balaban J connectivity index is 2.86. The zero-order chi connectivity index (χ0) is 8.97. The molecular formula is C10H15NO. The highest BCUT2D eigenvalue weighted by molar-refractivity contribution is 5.14. The molecule has 66 valence electrons. The average molecular weight is 165 g/mol. The van der Waals surface area contributed by atoms with E-state index in [2.05, 4.69) is 11.9 Å². The SMILES string of the molecule is CCc1cccc([C@H](C)CO)n1. The Bertz CT molecular complexity index is 247. The molecule has 1 heterocycles. The molecule has 0 aliphatic carbocycles. The summed E-state index contributed by atoms with van der Waals surface area (Å²) in [5.41, 5.74) is 2.07. The lowest BCUT2D eigenvalue weighted by Gasteiger charge is -2.07. The largest absolute Gasteiger partial charge is 0.396 e. The molecule has 1 aromatic heterocycles. The topological polar surface area (TPSA) is 33.1 Å². The van der Waals surface area contributed by atoms with Crippen LogP contribution in [0.4, 0.5) is 0 Å². The number of aliphatic hydroxyl groups excluding tert-OH is 1. The maximum Gasteiger partial charge on any atom is 0.0512 e. The van der Waals surface area contributed by atoms with Gasteiger partial charge in [0.1, 0.15) is 0 Å². The van der Waals surface area contributed by atoms with E-state index in [1.807, 2.05) is 25.1 Å². The summed E-state index contributed by atoms with van der Waals surface area (Å²) in [4.78, 5) is 4.40. The number of aromatic nitrogens is 1. The monoisotopic (exact) mass is 165 g/mol. The van der Waals surface area contributed by atoms with E-state index in [-0.39, 0.29) is 12.5 Å². The van der Waals surface area contributed by atoms with Gasteiger partial charge < -0.3 is 5.11 Å². The summed E-state index contributed by atoms with van der Waals surface area (Å²) in [5.74, 6) is 0.150. The van der Waals surface area contributed by atoms with E-state index < -0.39 is 0 Å². The minimum Gasteiger partial charge on any atom is -0.396 e. The van der Waals surface area contributed by atoms with Crippen LogP contribution in [-0.4, -0.2) is 16.7 Å². The number of aryl methyl sites for hydroxylation is 1. The molecule has 0 amide bonds. The van der Waals surface area contributed by atoms with Crippen LogP contribution < -0.4 is 0 Å². The second-order valence-corrected chi connectivity index (χ2v) is 2.99. The molecule has 0 aromatic carbocycles. The Kier molecular flexibility index (Phi) is 3.23. The van der Waals surface area contributed by atoms with Gasteiger partial charge in [-0.3, -0.25) is 4.98 Å². The first-order valence-electron chi connectivity index (χ1n) is 4.34. The highest BCUT2D eigenvalue weighted by atomic mass is 16.3. The van der Waals surface area contributed by atoms with Crippen LogP contribution in [0.5, 0.6) is 0 Å². The van der Waals surface area contributed by atoms with E-state index in [4.69, 9.17) is 5.11 Å². The fourth-order valence-electron chi connectivity index (χ4n) is 1.06. The van der Waals surface area contributed by atoms with Crippen LogP contribution in [0.25, 0.3) is 0 Å². The van der Waals surface area contributed by atoms with Crippen LogP contribution in [0.1, 0.15) is 31.2 Å². The van der Waals surface area contributed by atoms with Crippen molar-refractivity contribution in [3.63, 3.8) is 0 Å². The Morgan fingerprint density at radius 2 is 2.25 bits per heavy atom. The summed E-state index contributed by atoms with van der Waals surface area (Å²) in [6, 6.07) is 5.96. The number of hydrogen-bond acceptors (Lipinski definition) is 2. The Morgan fingerprint density at radius 3 is 2.83 bits per heavy atom. The minimum absolute atomic E-state index is 0.150. The molecule has 12 heavy (non-hydrogen) atoms. The molecule has 0 saturated heterocycles. The summed E-state index contributed by atoms with van der Waals surface area (Å²) in [7, 11) is 0. The molecule has 2 nitrogen and oxygen atoms in total. The van der Waals surface area contributed by atoms with Gasteiger partial charge >= 0.3 is 0 Å². The van der Waals surface area contributed by atoms with Crippen LogP contribution in [0.3, 0.4) is 0 Å². The van der Waals surface area contributed by atoms with Gasteiger partial charge in [-0.05, 0) is 18.6 Å². The Labute approximate surface area is 73.3 Å². The summed E-state index contributed by atoms with van der Waals surface area (Å²) >= 11 is 0. The molecule has 1 rings (SSSR count).